The van der Waals surface area contributed by atoms with Gasteiger partial charge in [-0.3, -0.25) is 0 Å². The quantitative estimate of drug-likeness (QED) is 0.345. The number of benzene rings is 2. The van der Waals surface area contributed by atoms with Crippen LogP contribution in [0.2, 0.25) is 0 Å². The molecule has 0 spiro atoms. The van der Waals surface area contributed by atoms with Crippen LogP contribution in [0.25, 0.3) is 11.1 Å². The molecule has 0 saturated heterocycles. The molecule has 26 heavy (non-hydrogen) atoms. The van der Waals surface area contributed by atoms with E-state index in [0.717, 1.165) is 6.07 Å². The predicted octanol–water partition coefficient (Wildman–Crippen LogP) is 3.96. The van der Waals surface area contributed by atoms with Gasteiger partial charge in [-0.1, -0.05) is 13.2 Å². The molecule has 0 heterocycles. The van der Waals surface area contributed by atoms with Crippen molar-refractivity contribution in [1.82, 2.24) is 0 Å². The van der Waals surface area contributed by atoms with E-state index in [-0.39, 0.29) is 16.9 Å². The fourth-order valence-corrected chi connectivity index (χ4v) is 2.43. The molecular weight excluding hydrogens is 354 g/mol. The lowest BCUT2D eigenvalue weighted by atomic mass is 10.0. The zero-order chi connectivity index (χ0) is 19.4. The van der Waals surface area contributed by atoms with E-state index in [2.05, 4.69) is 22.4 Å². The lowest BCUT2D eigenvalue weighted by molar-refractivity contribution is -0.130. The monoisotopic (exact) mass is 372 g/mol. The van der Waals surface area contributed by atoms with Gasteiger partial charge in [-0.2, -0.15) is 0 Å². The summed E-state index contributed by atoms with van der Waals surface area (Å²) >= 11 is 0. The Hall–Kier alpha value is -2.78. The molecule has 6 heteroatoms. The highest BCUT2D eigenvalue weighted by Crippen LogP contribution is 2.28. The molecule has 0 aromatic heterocycles. The topological polar surface area (TPSA) is 52.6 Å². The largest absolute Gasteiger partial charge is 0.423 e. The van der Waals surface area contributed by atoms with E-state index in [4.69, 9.17) is 9.47 Å². The van der Waals surface area contributed by atoms with Gasteiger partial charge < -0.3 is 9.47 Å². The van der Waals surface area contributed by atoms with Gasteiger partial charge in [0.05, 0.1) is 0 Å². The van der Waals surface area contributed by atoms with Crippen LogP contribution in [0.3, 0.4) is 0 Å². The van der Waals surface area contributed by atoms with Gasteiger partial charge in [0.2, 0.25) is 0 Å². The summed E-state index contributed by atoms with van der Waals surface area (Å²) in [5.41, 5.74) is 1.43. The highest BCUT2D eigenvalue weighted by atomic mass is 31.0. The first-order chi connectivity index (χ1) is 12.2. The van der Waals surface area contributed by atoms with Gasteiger partial charge in [0.25, 0.3) is 0 Å². The lowest BCUT2D eigenvalue weighted by Gasteiger charge is -2.11. The number of halogens is 1. The van der Waals surface area contributed by atoms with Crippen molar-refractivity contribution in [3.05, 3.63) is 66.5 Å². The van der Waals surface area contributed by atoms with Crippen molar-refractivity contribution < 1.29 is 23.5 Å². The SMILES string of the molecule is C=C(C)C(=O)Oc1ccc(-c2ccc(OC(=O)C(=C)C)cc2P)c(F)c1. The fraction of sp³-hybridized carbons (Fsp3) is 0.100. The van der Waals surface area contributed by atoms with Crippen LogP contribution in [-0.4, -0.2) is 11.9 Å². The average molecular weight is 372 g/mol. The summed E-state index contributed by atoms with van der Waals surface area (Å²) in [6.45, 7) is 10.1. The molecule has 2 rings (SSSR count). The molecule has 0 saturated carbocycles. The van der Waals surface area contributed by atoms with Crippen LogP contribution < -0.4 is 14.8 Å². The van der Waals surface area contributed by atoms with Crippen LogP contribution in [0.15, 0.2) is 60.7 Å². The van der Waals surface area contributed by atoms with Gasteiger partial charge in [0.1, 0.15) is 17.3 Å². The maximum atomic E-state index is 14.5. The van der Waals surface area contributed by atoms with Crippen molar-refractivity contribution >= 4 is 26.5 Å². The Labute approximate surface area is 153 Å². The molecule has 0 fully saturated rings. The number of carbonyl (C=O) groups is 2. The molecule has 2 aromatic carbocycles. The van der Waals surface area contributed by atoms with Crippen LogP contribution in [-0.2, 0) is 9.59 Å². The summed E-state index contributed by atoms with van der Waals surface area (Å²) in [4.78, 5) is 23.1. The molecule has 2 aromatic rings. The van der Waals surface area contributed by atoms with E-state index >= 15 is 0 Å². The first-order valence-electron chi connectivity index (χ1n) is 7.64. The number of rotatable bonds is 5. The van der Waals surface area contributed by atoms with E-state index in [1.165, 1.54) is 19.1 Å². The molecule has 0 aliphatic carbocycles. The van der Waals surface area contributed by atoms with E-state index in [9.17, 15) is 14.0 Å². The molecule has 0 bridgehead atoms. The molecule has 0 amide bonds. The van der Waals surface area contributed by atoms with Gasteiger partial charge in [-0.15, -0.1) is 9.24 Å². The summed E-state index contributed by atoms with van der Waals surface area (Å²) in [6.07, 6.45) is 0. The van der Waals surface area contributed by atoms with E-state index in [1.807, 2.05) is 0 Å². The van der Waals surface area contributed by atoms with Crippen molar-refractivity contribution in [2.75, 3.05) is 0 Å². The zero-order valence-electron chi connectivity index (χ0n) is 14.5. The van der Waals surface area contributed by atoms with E-state index < -0.39 is 17.8 Å². The third-order valence-corrected chi connectivity index (χ3v) is 3.85. The Morgan fingerprint density at radius 1 is 0.885 bits per heavy atom. The molecule has 0 aliphatic rings. The van der Waals surface area contributed by atoms with Crippen molar-refractivity contribution in [2.45, 2.75) is 13.8 Å². The maximum Gasteiger partial charge on any atom is 0.338 e. The Bertz CT molecular complexity index is 843. The van der Waals surface area contributed by atoms with Gasteiger partial charge in [-0.25, -0.2) is 14.0 Å². The molecule has 0 N–H and O–H groups in total. The number of hydrogen-bond acceptors (Lipinski definition) is 4. The van der Waals surface area contributed by atoms with Crippen molar-refractivity contribution in [2.24, 2.45) is 0 Å². The minimum absolute atomic E-state index is 0.0940. The third kappa shape index (κ3) is 4.64. The number of esters is 2. The van der Waals surface area contributed by atoms with Crippen LogP contribution in [0.5, 0.6) is 11.5 Å². The third-order valence-electron chi connectivity index (χ3n) is 3.37. The van der Waals surface area contributed by atoms with Crippen LogP contribution in [0.1, 0.15) is 13.8 Å². The average Bonchev–Trinajstić information content (AvgIpc) is 2.55. The first kappa shape index (κ1) is 19.5. The van der Waals surface area contributed by atoms with Crippen LogP contribution in [0.4, 0.5) is 4.39 Å². The summed E-state index contributed by atoms with van der Waals surface area (Å²) in [5, 5.41) is 0.641. The number of carbonyl (C=O) groups excluding carboxylic acids is 2. The second-order valence-corrected chi connectivity index (χ2v) is 6.35. The Morgan fingerprint density at radius 2 is 1.35 bits per heavy atom. The van der Waals surface area contributed by atoms with Gasteiger partial charge in [0.15, 0.2) is 0 Å². The van der Waals surface area contributed by atoms with Gasteiger partial charge in [-0.05, 0) is 55.0 Å². The van der Waals surface area contributed by atoms with Crippen molar-refractivity contribution in [1.29, 1.82) is 0 Å². The van der Waals surface area contributed by atoms with Crippen LogP contribution >= 0.6 is 9.24 Å². The summed E-state index contributed by atoms with van der Waals surface area (Å²) in [7, 11) is 2.48. The lowest BCUT2D eigenvalue weighted by Crippen LogP contribution is -2.10. The Morgan fingerprint density at radius 3 is 1.77 bits per heavy atom. The van der Waals surface area contributed by atoms with E-state index in [1.54, 1.807) is 25.1 Å². The Balaban J connectivity index is 2.28. The summed E-state index contributed by atoms with van der Waals surface area (Å²) in [5.74, 6) is -1.27. The van der Waals surface area contributed by atoms with Crippen molar-refractivity contribution in [3.8, 4) is 22.6 Å². The molecule has 1 atom stereocenters. The standard InChI is InChI=1S/C20H18FO4P/c1-11(2)19(22)24-13-5-7-15(17(21)9-13)16-8-6-14(10-18(16)26)25-20(23)12(3)4/h5-10H,1,3,26H2,2,4H3. The first-order valence-corrected chi connectivity index (χ1v) is 8.21. The molecule has 4 nitrogen and oxygen atoms in total. The highest BCUT2D eigenvalue weighted by molar-refractivity contribution is 7.28. The minimum Gasteiger partial charge on any atom is -0.423 e. The zero-order valence-corrected chi connectivity index (χ0v) is 15.6. The predicted molar refractivity (Wildman–Crippen MR) is 102 cm³/mol. The Kier molecular flexibility index (Phi) is 6.06. The summed E-state index contributed by atoms with van der Waals surface area (Å²) in [6, 6.07) is 8.96. The number of ether oxygens (including phenoxy) is 2. The molecular formula is C20H18FO4P. The molecule has 1 unspecified atom stereocenters. The molecule has 0 aliphatic heterocycles. The number of hydrogen-bond donors (Lipinski definition) is 0. The second-order valence-electron chi connectivity index (χ2n) is 5.73. The van der Waals surface area contributed by atoms with Gasteiger partial charge in [0, 0.05) is 22.8 Å². The normalized spacial score (nSPS) is 10.2. The molecule has 0 radical (unpaired) electrons. The fourth-order valence-electron chi connectivity index (χ4n) is 2.02. The highest BCUT2D eigenvalue weighted by Gasteiger charge is 2.13. The van der Waals surface area contributed by atoms with Crippen LogP contribution in [0, 0.1) is 5.82 Å². The minimum atomic E-state index is -0.618. The second kappa shape index (κ2) is 8.07. The van der Waals surface area contributed by atoms with Gasteiger partial charge >= 0.3 is 11.9 Å². The summed E-state index contributed by atoms with van der Waals surface area (Å²) < 4.78 is 24.6. The van der Waals surface area contributed by atoms with E-state index in [0.29, 0.717) is 22.2 Å². The molecule has 134 valence electrons. The smallest absolute Gasteiger partial charge is 0.338 e. The van der Waals surface area contributed by atoms with Crippen molar-refractivity contribution in [3.63, 3.8) is 0 Å². The maximum absolute atomic E-state index is 14.5.